The normalized spacial score (nSPS) is 10.3. The van der Waals surface area contributed by atoms with Crippen molar-refractivity contribution in [3.8, 4) is 11.5 Å². The highest BCUT2D eigenvalue weighted by molar-refractivity contribution is 5.42. The van der Waals surface area contributed by atoms with Gasteiger partial charge in [-0.15, -0.1) is 0 Å². The lowest BCUT2D eigenvalue weighted by Crippen LogP contribution is -2.02. The van der Waals surface area contributed by atoms with Gasteiger partial charge in [0.15, 0.2) is 11.5 Å². The molecular weight excluding hydrogens is 220 g/mol. The predicted molar refractivity (Wildman–Crippen MR) is 65.3 cm³/mol. The van der Waals surface area contributed by atoms with E-state index < -0.39 is 0 Å². The molecule has 4 nitrogen and oxygen atoms in total. The maximum absolute atomic E-state index is 9.04. The molecule has 1 rings (SSSR count). The molecule has 0 aliphatic carbocycles. The molecule has 0 aliphatic heterocycles. The van der Waals surface area contributed by atoms with Crippen LogP contribution >= 0.6 is 0 Å². The van der Waals surface area contributed by atoms with Gasteiger partial charge in [-0.1, -0.05) is 6.07 Å². The van der Waals surface area contributed by atoms with Gasteiger partial charge in [0.05, 0.1) is 19.8 Å². The van der Waals surface area contributed by atoms with Gasteiger partial charge in [-0.3, -0.25) is 0 Å². The topological polar surface area (TPSA) is 58.9 Å². The van der Waals surface area contributed by atoms with E-state index in [0.717, 1.165) is 18.4 Å². The number of ether oxygens (including phenoxy) is 2. The second kappa shape index (κ2) is 7.92. The Morgan fingerprint density at radius 1 is 1.06 bits per heavy atom. The fourth-order valence-corrected chi connectivity index (χ4v) is 1.43. The monoisotopic (exact) mass is 240 g/mol. The molecule has 0 saturated heterocycles. The number of unbranched alkanes of at least 4 members (excludes halogenated alkanes) is 1. The van der Waals surface area contributed by atoms with Crippen LogP contribution in [0, 0.1) is 0 Å². The molecule has 4 heteroatoms. The Morgan fingerprint density at radius 3 is 2.53 bits per heavy atom. The fourth-order valence-electron chi connectivity index (χ4n) is 1.43. The van der Waals surface area contributed by atoms with Crippen LogP contribution < -0.4 is 9.47 Å². The number of aliphatic hydroxyl groups excluding tert-OH is 2. The van der Waals surface area contributed by atoms with Crippen molar-refractivity contribution in [3.05, 3.63) is 23.8 Å². The van der Waals surface area contributed by atoms with Crippen LogP contribution in [0.5, 0.6) is 11.5 Å². The Hall–Kier alpha value is -1.26. The van der Waals surface area contributed by atoms with E-state index in [2.05, 4.69) is 0 Å². The quantitative estimate of drug-likeness (QED) is 0.679. The van der Waals surface area contributed by atoms with Gasteiger partial charge < -0.3 is 19.7 Å². The minimum atomic E-state index is -0.00906. The lowest BCUT2D eigenvalue weighted by atomic mass is 10.2. The van der Waals surface area contributed by atoms with Crippen molar-refractivity contribution in [2.45, 2.75) is 26.4 Å². The van der Waals surface area contributed by atoms with Crippen LogP contribution in [0.3, 0.4) is 0 Å². The minimum Gasteiger partial charge on any atom is -0.490 e. The van der Waals surface area contributed by atoms with Crippen LogP contribution in [0.2, 0.25) is 0 Å². The van der Waals surface area contributed by atoms with Gasteiger partial charge in [-0.2, -0.15) is 0 Å². The summed E-state index contributed by atoms with van der Waals surface area (Å²) in [4.78, 5) is 0. The lowest BCUT2D eigenvalue weighted by molar-refractivity contribution is 0.242. The molecule has 0 aliphatic rings. The third-order valence-corrected chi connectivity index (χ3v) is 2.30. The van der Waals surface area contributed by atoms with E-state index in [0.29, 0.717) is 24.7 Å². The summed E-state index contributed by atoms with van der Waals surface area (Å²) in [5, 5.41) is 17.7. The van der Waals surface area contributed by atoms with E-state index in [-0.39, 0.29) is 13.2 Å². The summed E-state index contributed by atoms with van der Waals surface area (Å²) in [7, 11) is 0. The van der Waals surface area contributed by atoms with Gasteiger partial charge in [0, 0.05) is 6.61 Å². The van der Waals surface area contributed by atoms with Gasteiger partial charge >= 0.3 is 0 Å². The summed E-state index contributed by atoms with van der Waals surface area (Å²) >= 11 is 0. The standard InChI is InChI=1S/C13H20O4/c1-2-16-13-9-11(10-15)5-6-12(13)17-8-4-3-7-14/h5-6,9,14-15H,2-4,7-8,10H2,1H3. The molecule has 0 unspecified atom stereocenters. The number of rotatable bonds is 8. The van der Waals surface area contributed by atoms with Gasteiger partial charge in [-0.25, -0.2) is 0 Å². The average Bonchev–Trinajstić information content (AvgIpc) is 2.36. The lowest BCUT2D eigenvalue weighted by Gasteiger charge is -2.12. The third-order valence-electron chi connectivity index (χ3n) is 2.30. The zero-order valence-electron chi connectivity index (χ0n) is 10.2. The maximum atomic E-state index is 9.04. The molecule has 0 amide bonds. The molecule has 0 radical (unpaired) electrons. The Balaban J connectivity index is 2.62. The second-order valence-corrected chi connectivity index (χ2v) is 3.65. The summed E-state index contributed by atoms with van der Waals surface area (Å²) in [6.45, 7) is 3.19. The highest BCUT2D eigenvalue weighted by Gasteiger charge is 2.05. The van der Waals surface area contributed by atoms with E-state index in [4.69, 9.17) is 19.7 Å². The van der Waals surface area contributed by atoms with Gasteiger partial charge in [0.25, 0.3) is 0 Å². The van der Waals surface area contributed by atoms with Crippen molar-refractivity contribution in [1.82, 2.24) is 0 Å². The summed E-state index contributed by atoms with van der Waals surface area (Å²) < 4.78 is 11.0. The highest BCUT2D eigenvalue weighted by Crippen LogP contribution is 2.28. The first-order chi connectivity index (χ1) is 8.31. The van der Waals surface area contributed by atoms with Crippen LogP contribution in [0.1, 0.15) is 25.3 Å². The van der Waals surface area contributed by atoms with Crippen molar-refractivity contribution < 1.29 is 19.7 Å². The Bertz CT molecular complexity index is 325. The second-order valence-electron chi connectivity index (χ2n) is 3.65. The number of hydrogen-bond donors (Lipinski definition) is 2. The number of aliphatic hydroxyl groups is 2. The van der Waals surface area contributed by atoms with Crippen LogP contribution in [0.25, 0.3) is 0 Å². The van der Waals surface area contributed by atoms with Gasteiger partial charge in [0.2, 0.25) is 0 Å². The molecular formula is C13H20O4. The van der Waals surface area contributed by atoms with Crippen LogP contribution in [0.4, 0.5) is 0 Å². The van der Waals surface area contributed by atoms with Crippen LogP contribution in [-0.4, -0.2) is 30.0 Å². The number of benzene rings is 1. The first-order valence-corrected chi connectivity index (χ1v) is 5.92. The Kier molecular flexibility index (Phi) is 6.43. The van der Waals surface area contributed by atoms with E-state index in [9.17, 15) is 0 Å². The summed E-state index contributed by atoms with van der Waals surface area (Å²) in [5.41, 5.74) is 0.802. The minimum absolute atomic E-state index is 0.00906. The predicted octanol–water partition coefficient (Wildman–Crippen LogP) is 1.73. The molecule has 0 spiro atoms. The largest absolute Gasteiger partial charge is 0.490 e. The average molecular weight is 240 g/mol. The third kappa shape index (κ3) is 4.63. The van der Waals surface area contributed by atoms with Crippen LogP contribution in [-0.2, 0) is 6.61 Å². The Labute approximate surface area is 102 Å². The van der Waals surface area contributed by atoms with E-state index in [1.165, 1.54) is 0 Å². The molecule has 0 atom stereocenters. The highest BCUT2D eigenvalue weighted by atomic mass is 16.5. The van der Waals surface area contributed by atoms with Gasteiger partial charge in [-0.05, 0) is 37.5 Å². The van der Waals surface area contributed by atoms with E-state index in [1.807, 2.05) is 13.0 Å². The fraction of sp³-hybridized carbons (Fsp3) is 0.538. The summed E-state index contributed by atoms with van der Waals surface area (Å²) in [6.07, 6.45) is 1.54. The molecule has 1 aromatic rings. The van der Waals surface area contributed by atoms with Crippen molar-refractivity contribution in [1.29, 1.82) is 0 Å². The molecule has 0 heterocycles. The molecule has 1 aromatic carbocycles. The first-order valence-electron chi connectivity index (χ1n) is 5.92. The molecule has 0 fully saturated rings. The van der Waals surface area contributed by atoms with E-state index >= 15 is 0 Å². The molecule has 0 bridgehead atoms. The number of hydrogen-bond acceptors (Lipinski definition) is 4. The summed E-state index contributed by atoms with van der Waals surface area (Å²) in [6, 6.07) is 5.39. The van der Waals surface area contributed by atoms with Crippen LogP contribution in [0.15, 0.2) is 18.2 Å². The zero-order chi connectivity index (χ0) is 12.5. The van der Waals surface area contributed by atoms with Crippen molar-refractivity contribution >= 4 is 0 Å². The Morgan fingerprint density at radius 2 is 1.88 bits per heavy atom. The van der Waals surface area contributed by atoms with Crippen molar-refractivity contribution in [2.24, 2.45) is 0 Å². The van der Waals surface area contributed by atoms with Crippen molar-refractivity contribution in [3.63, 3.8) is 0 Å². The maximum Gasteiger partial charge on any atom is 0.161 e. The van der Waals surface area contributed by atoms with E-state index in [1.54, 1.807) is 12.1 Å². The smallest absolute Gasteiger partial charge is 0.161 e. The molecule has 0 saturated carbocycles. The molecule has 96 valence electrons. The summed E-state index contributed by atoms with van der Waals surface area (Å²) in [5.74, 6) is 1.34. The first kappa shape index (κ1) is 13.8. The molecule has 0 aromatic heterocycles. The van der Waals surface area contributed by atoms with Gasteiger partial charge in [0.1, 0.15) is 0 Å². The molecule has 2 N–H and O–H groups in total. The molecule has 17 heavy (non-hydrogen) atoms. The SMILES string of the molecule is CCOc1cc(CO)ccc1OCCCCO. The van der Waals surface area contributed by atoms with Crippen molar-refractivity contribution in [2.75, 3.05) is 19.8 Å². The zero-order valence-corrected chi connectivity index (χ0v) is 10.2.